The molecule has 0 saturated carbocycles. The molecule has 1 aliphatic heterocycles. The molecule has 0 bridgehead atoms. The minimum atomic E-state index is -0.531. The van der Waals surface area contributed by atoms with Crippen LogP contribution in [0.4, 0.5) is 4.39 Å². The molecule has 0 aromatic heterocycles. The Kier molecular flexibility index (Phi) is 5.00. The van der Waals surface area contributed by atoms with Gasteiger partial charge in [-0.05, 0) is 51.7 Å². The first kappa shape index (κ1) is 17.4. The van der Waals surface area contributed by atoms with Gasteiger partial charge in [-0.2, -0.15) is 0 Å². The molecular weight excluding hydrogens is 280 g/mol. The molecule has 0 amide bonds. The molecule has 0 spiro atoms. The van der Waals surface area contributed by atoms with Crippen molar-refractivity contribution < 1.29 is 13.7 Å². The average Bonchev–Trinajstić information content (AvgIpc) is 2.60. The quantitative estimate of drug-likeness (QED) is 0.849. The molecule has 1 aromatic carbocycles. The Balaban J connectivity index is 2.23. The van der Waals surface area contributed by atoms with Crippen LogP contribution in [-0.4, -0.2) is 24.9 Å². The Morgan fingerprint density at radius 1 is 1.14 bits per heavy atom. The predicted molar refractivity (Wildman–Crippen MR) is 88.7 cm³/mol. The lowest BCUT2D eigenvalue weighted by Crippen LogP contribution is -2.41. The van der Waals surface area contributed by atoms with E-state index >= 15 is 0 Å². The summed E-state index contributed by atoms with van der Waals surface area (Å²) in [6.45, 7) is 13.6. The molecule has 1 fully saturated rings. The van der Waals surface area contributed by atoms with Crippen molar-refractivity contribution >= 4 is 12.6 Å². The molecule has 1 heterocycles. The molecule has 1 N–H and O–H groups in total. The van der Waals surface area contributed by atoms with Crippen LogP contribution in [0, 0.1) is 11.7 Å². The highest BCUT2D eigenvalue weighted by Crippen LogP contribution is 2.36. The Hall–Kier alpha value is -0.905. The van der Waals surface area contributed by atoms with Crippen LogP contribution < -0.4 is 10.8 Å². The first-order valence-electron chi connectivity index (χ1n) is 7.97. The van der Waals surface area contributed by atoms with Crippen molar-refractivity contribution in [3.63, 3.8) is 0 Å². The second kappa shape index (κ2) is 6.30. The predicted octanol–water partition coefficient (Wildman–Crippen LogP) is 2.87. The maximum Gasteiger partial charge on any atom is 0.495 e. The summed E-state index contributed by atoms with van der Waals surface area (Å²) in [5, 5.41) is 3.30. The summed E-state index contributed by atoms with van der Waals surface area (Å²) in [6.07, 6.45) is 0. The minimum absolute atomic E-state index is 0.219. The Bertz CT molecular complexity index is 515. The molecule has 122 valence electrons. The molecule has 5 heteroatoms. The molecule has 22 heavy (non-hydrogen) atoms. The van der Waals surface area contributed by atoms with E-state index in [1.165, 1.54) is 6.07 Å². The molecule has 0 unspecified atom stereocenters. The van der Waals surface area contributed by atoms with Gasteiger partial charge in [-0.1, -0.05) is 26.0 Å². The molecule has 1 saturated heterocycles. The Labute approximate surface area is 133 Å². The third kappa shape index (κ3) is 3.53. The van der Waals surface area contributed by atoms with Gasteiger partial charge in [0.05, 0.1) is 11.2 Å². The topological polar surface area (TPSA) is 30.5 Å². The van der Waals surface area contributed by atoms with Gasteiger partial charge in [0.25, 0.3) is 0 Å². The zero-order valence-corrected chi connectivity index (χ0v) is 14.5. The molecule has 3 nitrogen and oxygen atoms in total. The normalized spacial score (nSPS) is 19.9. The third-order valence-electron chi connectivity index (χ3n) is 4.52. The van der Waals surface area contributed by atoms with E-state index in [-0.39, 0.29) is 5.82 Å². The number of hydrogen-bond acceptors (Lipinski definition) is 3. The SMILES string of the molecule is CC(C)CNCc1c(F)cccc1B1OC(C)(C)C(C)(C)O1. The van der Waals surface area contributed by atoms with Crippen LogP contribution >= 0.6 is 0 Å². The summed E-state index contributed by atoms with van der Waals surface area (Å²) in [5.74, 6) is 0.301. The summed E-state index contributed by atoms with van der Waals surface area (Å²) in [7, 11) is -0.531. The van der Waals surface area contributed by atoms with E-state index in [2.05, 4.69) is 19.2 Å². The first-order chi connectivity index (χ1) is 10.1. The highest BCUT2D eigenvalue weighted by Gasteiger charge is 2.52. The largest absolute Gasteiger partial charge is 0.495 e. The van der Waals surface area contributed by atoms with Gasteiger partial charge in [0.1, 0.15) is 5.82 Å². The minimum Gasteiger partial charge on any atom is -0.399 e. The lowest BCUT2D eigenvalue weighted by molar-refractivity contribution is 0.00578. The molecule has 1 aromatic rings. The van der Waals surface area contributed by atoms with Crippen molar-refractivity contribution in [3.05, 3.63) is 29.6 Å². The highest BCUT2D eigenvalue weighted by molar-refractivity contribution is 6.62. The third-order valence-corrected chi connectivity index (χ3v) is 4.52. The van der Waals surface area contributed by atoms with E-state index in [9.17, 15) is 4.39 Å². The van der Waals surface area contributed by atoms with Crippen LogP contribution in [0.15, 0.2) is 18.2 Å². The fraction of sp³-hybridized carbons (Fsp3) is 0.647. The Morgan fingerprint density at radius 2 is 1.73 bits per heavy atom. The molecule has 0 radical (unpaired) electrons. The molecule has 2 rings (SSSR count). The van der Waals surface area contributed by atoms with Crippen LogP contribution in [0.2, 0.25) is 0 Å². The van der Waals surface area contributed by atoms with Crippen molar-refractivity contribution in [2.75, 3.05) is 6.54 Å². The van der Waals surface area contributed by atoms with Crippen LogP contribution in [0.1, 0.15) is 47.1 Å². The summed E-state index contributed by atoms with van der Waals surface area (Å²) in [6, 6.07) is 5.08. The monoisotopic (exact) mass is 307 g/mol. The van der Waals surface area contributed by atoms with Crippen molar-refractivity contribution in [2.24, 2.45) is 5.92 Å². The number of halogens is 1. The fourth-order valence-electron chi connectivity index (χ4n) is 2.44. The zero-order valence-electron chi connectivity index (χ0n) is 14.5. The van der Waals surface area contributed by atoms with Crippen molar-refractivity contribution in [3.8, 4) is 0 Å². The van der Waals surface area contributed by atoms with Gasteiger partial charge < -0.3 is 14.6 Å². The summed E-state index contributed by atoms with van der Waals surface area (Å²) < 4.78 is 26.4. The van der Waals surface area contributed by atoms with Gasteiger partial charge in [0, 0.05) is 12.1 Å². The molecule has 0 atom stereocenters. The van der Waals surface area contributed by atoms with Gasteiger partial charge in [-0.25, -0.2) is 4.39 Å². The van der Waals surface area contributed by atoms with E-state index in [0.29, 0.717) is 18.0 Å². The number of nitrogens with one attached hydrogen (secondary N) is 1. The standard InChI is InChI=1S/C17H27BFNO2/c1-12(2)10-20-11-13-14(8-7-9-15(13)19)18-21-16(3,4)17(5,6)22-18/h7-9,12,20H,10-11H2,1-6H3. The fourth-order valence-corrected chi connectivity index (χ4v) is 2.44. The van der Waals surface area contributed by atoms with E-state index < -0.39 is 18.3 Å². The van der Waals surface area contributed by atoms with Crippen molar-refractivity contribution in [1.82, 2.24) is 5.32 Å². The average molecular weight is 307 g/mol. The maximum absolute atomic E-state index is 14.3. The second-order valence-electron chi connectivity index (χ2n) is 7.42. The first-order valence-corrected chi connectivity index (χ1v) is 7.97. The van der Waals surface area contributed by atoms with E-state index in [1.54, 1.807) is 6.07 Å². The summed E-state index contributed by atoms with van der Waals surface area (Å²) in [4.78, 5) is 0. The van der Waals surface area contributed by atoms with Crippen LogP contribution in [0.25, 0.3) is 0 Å². The lowest BCUT2D eigenvalue weighted by atomic mass is 9.75. The number of benzene rings is 1. The van der Waals surface area contributed by atoms with Gasteiger partial charge in [0.15, 0.2) is 0 Å². The smallest absolute Gasteiger partial charge is 0.399 e. The van der Waals surface area contributed by atoms with Gasteiger partial charge >= 0.3 is 7.12 Å². The molecule has 0 aliphatic carbocycles. The molecular formula is C17H27BFNO2. The van der Waals surface area contributed by atoms with E-state index in [4.69, 9.17) is 9.31 Å². The van der Waals surface area contributed by atoms with Crippen LogP contribution in [-0.2, 0) is 15.9 Å². The summed E-state index contributed by atoms with van der Waals surface area (Å²) >= 11 is 0. The number of rotatable bonds is 5. The van der Waals surface area contributed by atoms with Gasteiger partial charge in [-0.15, -0.1) is 0 Å². The van der Waals surface area contributed by atoms with Crippen molar-refractivity contribution in [2.45, 2.75) is 59.3 Å². The number of hydrogen-bond donors (Lipinski definition) is 1. The van der Waals surface area contributed by atoms with Crippen molar-refractivity contribution in [1.29, 1.82) is 0 Å². The molecule has 1 aliphatic rings. The van der Waals surface area contributed by atoms with Crippen LogP contribution in [0.5, 0.6) is 0 Å². The van der Waals surface area contributed by atoms with Crippen LogP contribution in [0.3, 0.4) is 0 Å². The second-order valence-corrected chi connectivity index (χ2v) is 7.42. The van der Waals surface area contributed by atoms with E-state index in [0.717, 1.165) is 12.0 Å². The summed E-state index contributed by atoms with van der Waals surface area (Å²) in [5.41, 5.74) is 0.552. The van der Waals surface area contributed by atoms with Gasteiger partial charge in [0.2, 0.25) is 0 Å². The maximum atomic E-state index is 14.3. The lowest BCUT2D eigenvalue weighted by Gasteiger charge is -2.32. The highest BCUT2D eigenvalue weighted by atomic mass is 19.1. The zero-order chi connectivity index (χ0) is 16.5. The van der Waals surface area contributed by atoms with E-state index in [1.807, 2.05) is 33.8 Å². The Morgan fingerprint density at radius 3 is 2.27 bits per heavy atom. The van der Waals surface area contributed by atoms with Gasteiger partial charge in [-0.3, -0.25) is 0 Å².